The Morgan fingerprint density at radius 2 is 1.67 bits per heavy atom. The predicted molar refractivity (Wildman–Crippen MR) is 134 cm³/mol. The fourth-order valence-corrected chi connectivity index (χ4v) is 3.99. The Balaban J connectivity index is 1.83. The van der Waals surface area contributed by atoms with Crippen molar-refractivity contribution in [3.8, 4) is 22.6 Å². The first-order valence-electron chi connectivity index (χ1n) is 11.2. The molecule has 0 saturated heterocycles. The van der Waals surface area contributed by atoms with Gasteiger partial charge < -0.3 is 24.6 Å². The Kier molecular flexibility index (Phi) is 9.27. The maximum Gasteiger partial charge on any atom is 0.326 e. The number of aliphatic carboxylic acids is 1. The molecule has 7 nitrogen and oxygen atoms in total. The summed E-state index contributed by atoms with van der Waals surface area (Å²) in [7, 11) is 3.14. The quantitative estimate of drug-likeness (QED) is 0.368. The Hall–Kier alpha value is -3.62. The fourth-order valence-electron chi connectivity index (χ4n) is 3.74. The molecule has 0 aromatic heterocycles. The van der Waals surface area contributed by atoms with Crippen LogP contribution in [0.15, 0.2) is 54.6 Å². The number of carboxylic acids is 1. The molecule has 0 saturated carbocycles. The zero-order chi connectivity index (χ0) is 26.2. The first-order valence-corrected chi connectivity index (χ1v) is 11.6. The second-order valence-electron chi connectivity index (χ2n) is 7.87. The normalized spacial score (nSPS) is 11.6. The second kappa shape index (κ2) is 12.4. The molecule has 0 spiro atoms. The van der Waals surface area contributed by atoms with E-state index in [-0.39, 0.29) is 11.4 Å². The van der Waals surface area contributed by atoms with Crippen molar-refractivity contribution < 1.29 is 33.3 Å². The van der Waals surface area contributed by atoms with Crippen LogP contribution in [0.4, 0.5) is 4.39 Å². The molecule has 0 fully saturated rings. The number of halogens is 2. The van der Waals surface area contributed by atoms with Crippen LogP contribution in [0.3, 0.4) is 0 Å². The summed E-state index contributed by atoms with van der Waals surface area (Å²) in [5.41, 5.74) is 2.69. The average Bonchev–Trinajstić information content (AvgIpc) is 2.86. The first-order chi connectivity index (χ1) is 17.3. The van der Waals surface area contributed by atoms with Gasteiger partial charge in [-0.25, -0.2) is 9.18 Å². The largest absolute Gasteiger partial charge is 0.496 e. The van der Waals surface area contributed by atoms with E-state index in [1.165, 1.54) is 12.1 Å². The molecule has 3 aromatic carbocycles. The number of ether oxygens (including phenoxy) is 3. The van der Waals surface area contributed by atoms with Gasteiger partial charge in [0, 0.05) is 13.0 Å². The monoisotopic (exact) mass is 515 g/mol. The van der Waals surface area contributed by atoms with Gasteiger partial charge in [0.15, 0.2) is 0 Å². The molecule has 0 aliphatic carbocycles. The fraction of sp³-hybridized carbons (Fsp3) is 0.259. The third-order valence-corrected chi connectivity index (χ3v) is 5.83. The third kappa shape index (κ3) is 6.33. The summed E-state index contributed by atoms with van der Waals surface area (Å²) in [6.07, 6.45) is -0.0189. The van der Waals surface area contributed by atoms with Crippen molar-refractivity contribution in [2.75, 3.05) is 20.8 Å². The van der Waals surface area contributed by atoms with E-state index in [1.54, 1.807) is 26.4 Å². The van der Waals surface area contributed by atoms with Gasteiger partial charge in [0.2, 0.25) is 0 Å². The first kappa shape index (κ1) is 27.0. The zero-order valence-corrected chi connectivity index (χ0v) is 20.9. The summed E-state index contributed by atoms with van der Waals surface area (Å²) in [4.78, 5) is 24.3. The van der Waals surface area contributed by atoms with Crippen LogP contribution in [0.5, 0.6) is 11.5 Å². The number of hydrogen-bond donors (Lipinski definition) is 2. The lowest BCUT2D eigenvalue weighted by Crippen LogP contribution is -2.42. The van der Waals surface area contributed by atoms with Crippen LogP contribution >= 0.6 is 11.6 Å². The molecule has 36 heavy (non-hydrogen) atoms. The number of benzene rings is 3. The lowest BCUT2D eigenvalue weighted by Gasteiger charge is -2.17. The molecule has 0 aliphatic rings. The van der Waals surface area contributed by atoms with Crippen molar-refractivity contribution in [2.45, 2.75) is 26.0 Å². The van der Waals surface area contributed by atoms with Crippen LogP contribution in [0.1, 0.15) is 28.4 Å². The summed E-state index contributed by atoms with van der Waals surface area (Å²) in [5, 5.41) is 11.9. The number of hydrogen-bond acceptors (Lipinski definition) is 5. The minimum Gasteiger partial charge on any atom is -0.496 e. The molecule has 0 radical (unpaired) electrons. The highest BCUT2D eigenvalue weighted by Gasteiger charge is 2.24. The van der Waals surface area contributed by atoms with E-state index in [0.717, 1.165) is 22.8 Å². The van der Waals surface area contributed by atoms with Crippen LogP contribution in [-0.2, 0) is 22.6 Å². The Labute approximate surface area is 213 Å². The van der Waals surface area contributed by atoms with Gasteiger partial charge in [-0.05, 0) is 47.9 Å². The van der Waals surface area contributed by atoms with Crippen LogP contribution in [-0.4, -0.2) is 43.9 Å². The average molecular weight is 516 g/mol. The molecule has 190 valence electrons. The number of carboxylic acid groups (broad SMARTS) is 1. The molecular weight excluding hydrogens is 489 g/mol. The zero-order valence-electron chi connectivity index (χ0n) is 20.1. The smallest absolute Gasteiger partial charge is 0.326 e. The minimum atomic E-state index is -1.29. The van der Waals surface area contributed by atoms with Gasteiger partial charge >= 0.3 is 5.97 Å². The van der Waals surface area contributed by atoms with Gasteiger partial charge in [-0.2, -0.15) is 0 Å². The highest BCUT2D eigenvalue weighted by Crippen LogP contribution is 2.40. The molecule has 0 bridgehead atoms. The number of carbonyl (C=O) groups is 2. The molecule has 2 N–H and O–H groups in total. The highest BCUT2D eigenvalue weighted by molar-refractivity contribution is 6.33. The Morgan fingerprint density at radius 3 is 2.19 bits per heavy atom. The number of carbonyl (C=O) groups excluding carboxylic acids is 1. The van der Waals surface area contributed by atoms with Gasteiger partial charge in [0.25, 0.3) is 5.91 Å². The Bertz CT molecular complexity index is 1190. The summed E-state index contributed by atoms with van der Waals surface area (Å²) in [5.74, 6) is -1.77. The van der Waals surface area contributed by atoms with Gasteiger partial charge in [0.1, 0.15) is 23.4 Å². The van der Waals surface area contributed by atoms with E-state index in [9.17, 15) is 19.1 Å². The van der Waals surface area contributed by atoms with Crippen LogP contribution in [0.2, 0.25) is 5.02 Å². The number of amides is 1. The minimum absolute atomic E-state index is 0.0189. The maximum absolute atomic E-state index is 14.1. The summed E-state index contributed by atoms with van der Waals surface area (Å²) >= 11 is 5.93. The maximum atomic E-state index is 14.1. The molecular formula is C27H27ClFNO6. The summed E-state index contributed by atoms with van der Waals surface area (Å²) < 4.78 is 30.7. The summed E-state index contributed by atoms with van der Waals surface area (Å²) in [6, 6.07) is 13.4. The number of methoxy groups -OCH3 is 2. The lowest BCUT2D eigenvalue weighted by molar-refractivity contribution is -0.139. The van der Waals surface area contributed by atoms with E-state index >= 15 is 0 Å². The molecule has 3 rings (SSSR count). The van der Waals surface area contributed by atoms with E-state index in [4.69, 9.17) is 25.8 Å². The van der Waals surface area contributed by atoms with Crippen LogP contribution < -0.4 is 14.8 Å². The third-order valence-electron chi connectivity index (χ3n) is 5.51. The predicted octanol–water partition coefficient (Wildman–Crippen LogP) is 5.13. The standard InChI is InChI=1S/C27H27ClFNO6/c1-4-36-15-17-13-22(34-2)24(23(14-17)35-3)18-10-8-16(9-11-18)12-21(27(32)33)30-26(31)25-19(28)6-5-7-20(25)29/h5-11,13-14,21H,4,12,15H2,1-3H3,(H,30,31)(H,32,33)/t21-/m0/s1. The van der Waals surface area contributed by atoms with Gasteiger partial charge in [-0.1, -0.05) is 41.9 Å². The van der Waals surface area contributed by atoms with Gasteiger partial charge in [-0.15, -0.1) is 0 Å². The Morgan fingerprint density at radius 1 is 1.03 bits per heavy atom. The topological polar surface area (TPSA) is 94.1 Å². The number of nitrogens with one attached hydrogen (secondary N) is 1. The van der Waals surface area contributed by atoms with Crippen molar-refractivity contribution in [1.29, 1.82) is 0 Å². The van der Waals surface area contributed by atoms with Crippen molar-refractivity contribution in [2.24, 2.45) is 0 Å². The van der Waals surface area contributed by atoms with Crippen molar-refractivity contribution >= 4 is 23.5 Å². The van der Waals surface area contributed by atoms with E-state index in [1.807, 2.05) is 31.2 Å². The van der Waals surface area contributed by atoms with E-state index in [0.29, 0.717) is 30.3 Å². The van der Waals surface area contributed by atoms with Crippen molar-refractivity contribution in [3.63, 3.8) is 0 Å². The molecule has 0 unspecified atom stereocenters. The lowest BCUT2D eigenvalue weighted by atomic mass is 9.98. The molecule has 0 heterocycles. The molecule has 9 heteroatoms. The number of rotatable bonds is 11. The van der Waals surface area contributed by atoms with Gasteiger partial charge in [0.05, 0.1) is 37.0 Å². The van der Waals surface area contributed by atoms with E-state index < -0.39 is 29.3 Å². The summed E-state index contributed by atoms with van der Waals surface area (Å²) in [6.45, 7) is 2.92. The second-order valence-corrected chi connectivity index (χ2v) is 8.28. The highest BCUT2D eigenvalue weighted by atomic mass is 35.5. The van der Waals surface area contributed by atoms with Gasteiger partial charge in [-0.3, -0.25) is 4.79 Å². The van der Waals surface area contributed by atoms with Crippen molar-refractivity contribution in [1.82, 2.24) is 5.32 Å². The van der Waals surface area contributed by atoms with Crippen LogP contribution in [0, 0.1) is 5.82 Å². The molecule has 3 aromatic rings. The molecule has 1 amide bonds. The SMILES string of the molecule is CCOCc1cc(OC)c(-c2ccc(C[C@H](NC(=O)c3c(F)cccc3Cl)C(=O)O)cc2)c(OC)c1. The molecule has 1 atom stereocenters. The van der Waals surface area contributed by atoms with E-state index in [2.05, 4.69) is 5.32 Å². The van der Waals surface area contributed by atoms with Crippen molar-refractivity contribution in [3.05, 3.63) is 82.1 Å². The molecule has 0 aliphatic heterocycles. The van der Waals surface area contributed by atoms with Crippen LogP contribution in [0.25, 0.3) is 11.1 Å².